The van der Waals surface area contributed by atoms with Crippen LogP contribution in [0, 0.1) is 0 Å². The van der Waals surface area contributed by atoms with E-state index in [2.05, 4.69) is 0 Å². The van der Waals surface area contributed by atoms with Gasteiger partial charge in [0.15, 0.2) is 24.7 Å². The molecule has 192 valence electrons. The lowest BCUT2D eigenvalue weighted by atomic mass is 9.99. The maximum atomic E-state index is 15.8. The summed E-state index contributed by atoms with van der Waals surface area (Å²) in [6.45, 7) is -0.493. The number of alkyl halides is 1. The lowest BCUT2D eigenvalue weighted by Crippen LogP contribution is -2.60. The first kappa shape index (κ1) is 26.0. The third-order valence-electron chi connectivity index (χ3n) is 5.70. The Morgan fingerprint density at radius 3 is 1.59 bits per heavy atom. The molecule has 3 aromatic rings. The van der Waals surface area contributed by atoms with E-state index in [-0.39, 0.29) is 16.7 Å². The predicted octanol–water partition coefficient (Wildman–Crippen LogP) is 4.00. The van der Waals surface area contributed by atoms with Crippen LogP contribution in [0.25, 0.3) is 0 Å². The topological polar surface area (TPSA) is 97.4 Å². The van der Waals surface area contributed by atoms with Crippen molar-refractivity contribution in [1.82, 2.24) is 0 Å². The smallest absolute Gasteiger partial charge is 0.338 e. The first-order chi connectivity index (χ1) is 18.0. The highest BCUT2D eigenvalue weighted by Crippen LogP contribution is 2.30. The minimum Gasteiger partial charge on any atom is -0.459 e. The van der Waals surface area contributed by atoms with E-state index in [1.165, 1.54) is 31.4 Å². The molecular formula is C28H25FO8. The molecule has 0 saturated carbocycles. The van der Waals surface area contributed by atoms with Crippen molar-refractivity contribution in [1.29, 1.82) is 0 Å². The third-order valence-corrected chi connectivity index (χ3v) is 5.70. The van der Waals surface area contributed by atoms with Crippen molar-refractivity contribution in [3.63, 3.8) is 0 Å². The number of esters is 3. The molecule has 0 N–H and O–H groups in total. The van der Waals surface area contributed by atoms with Gasteiger partial charge in [0.05, 0.1) is 16.7 Å². The minimum atomic E-state index is -2.02. The van der Waals surface area contributed by atoms with Crippen molar-refractivity contribution < 1.29 is 42.5 Å². The Morgan fingerprint density at radius 1 is 0.703 bits per heavy atom. The molecule has 0 bridgehead atoms. The number of rotatable bonds is 8. The van der Waals surface area contributed by atoms with E-state index in [0.29, 0.717) is 0 Å². The molecule has 1 aliphatic rings. The zero-order chi connectivity index (χ0) is 26.2. The Morgan fingerprint density at radius 2 is 1.14 bits per heavy atom. The van der Waals surface area contributed by atoms with Crippen LogP contribution in [0.2, 0.25) is 0 Å². The molecule has 1 aliphatic heterocycles. The van der Waals surface area contributed by atoms with Gasteiger partial charge >= 0.3 is 17.9 Å². The summed E-state index contributed by atoms with van der Waals surface area (Å²) in [5, 5.41) is 0. The van der Waals surface area contributed by atoms with Crippen molar-refractivity contribution in [3.05, 3.63) is 108 Å². The molecule has 8 nitrogen and oxygen atoms in total. The number of ether oxygens (including phenoxy) is 5. The molecule has 0 amide bonds. The number of carbonyl (C=O) groups is 3. The van der Waals surface area contributed by atoms with Crippen molar-refractivity contribution >= 4 is 17.9 Å². The fourth-order valence-corrected chi connectivity index (χ4v) is 3.80. The largest absolute Gasteiger partial charge is 0.459 e. The second-order valence-electron chi connectivity index (χ2n) is 8.16. The first-order valence-electron chi connectivity index (χ1n) is 11.5. The lowest BCUT2D eigenvalue weighted by Gasteiger charge is -2.41. The maximum absolute atomic E-state index is 15.8. The summed E-state index contributed by atoms with van der Waals surface area (Å²) in [5.74, 6) is -2.29. The molecule has 0 aromatic heterocycles. The molecular weight excluding hydrogens is 483 g/mol. The molecule has 9 heteroatoms. The third kappa shape index (κ3) is 6.38. The van der Waals surface area contributed by atoms with Crippen LogP contribution in [-0.4, -0.2) is 62.4 Å². The van der Waals surface area contributed by atoms with Gasteiger partial charge in [-0.3, -0.25) is 0 Å². The Hall–Kier alpha value is -4.08. The molecule has 1 fully saturated rings. The van der Waals surface area contributed by atoms with Gasteiger partial charge in [0.25, 0.3) is 0 Å². The van der Waals surface area contributed by atoms with Gasteiger partial charge in [0.2, 0.25) is 0 Å². The van der Waals surface area contributed by atoms with Gasteiger partial charge in [-0.05, 0) is 36.4 Å². The van der Waals surface area contributed by atoms with Crippen LogP contribution < -0.4 is 0 Å². The van der Waals surface area contributed by atoms with Crippen LogP contribution >= 0.6 is 0 Å². The predicted molar refractivity (Wildman–Crippen MR) is 129 cm³/mol. The van der Waals surface area contributed by atoms with E-state index in [1.807, 2.05) is 0 Å². The monoisotopic (exact) mass is 508 g/mol. The molecule has 0 unspecified atom stereocenters. The van der Waals surface area contributed by atoms with Gasteiger partial charge in [-0.15, -0.1) is 0 Å². The Labute approximate surface area is 212 Å². The van der Waals surface area contributed by atoms with E-state index in [9.17, 15) is 14.4 Å². The number of benzene rings is 3. The molecule has 0 spiro atoms. The minimum absolute atomic E-state index is 0.176. The summed E-state index contributed by atoms with van der Waals surface area (Å²) >= 11 is 0. The number of hydrogen-bond donors (Lipinski definition) is 0. The maximum Gasteiger partial charge on any atom is 0.338 e. The summed E-state index contributed by atoms with van der Waals surface area (Å²) in [7, 11) is 1.27. The summed E-state index contributed by atoms with van der Waals surface area (Å²) in [5.41, 5.74) is 0.661. The Balaban J connectivity index is 1.55. The Bertz CT molecular complexity index is 1190. The fourth-order valence-electron chi connectivity index (χ4n) is 3.80. The highest BCUT2D eigenvalue weighted by molar-refractivity contribution is 5.90. The van der Waals surface area contributed by atoms with Crippen molar-refractivity contribution in [2.45, 2.75) is 30.8 Å². The summed E-state index contributed by atoms with van der Waals surface area (Å²) in [4.78, 5) is 38.0. The summed E-state index contributed by atoms with van der Waals surface area (Å²) in [6, 6.07) is 24.2. The summed E-state index contributed by atoms with van der Waals surface area (Å²) < 4.78 is 43.1. The van der Waals surface area contributed by atoms with Crippen LogP contribution in [0.5, 0.6) is 0 Å². The number of carbonyl (C=O) groups excluding carboxylic acids is 3. The van der Waals surface area contributed by atoms with E-state index in [4.69, 9.17) is 23.7 Å². The van der Waals surface area contributed by atoms with Gasteiger partial charge in [-0.25, -0.2) is 18.8 Å². The molecule has 0 radical (unpaired) electrons. The molecule has 3 aromatic carbocycles. The number of halogens is 1. The molecule has 1 heterocycles. The highest BCUT2D eigenvalue weighted by Gasteiger charge is 2.51. The van der Waals surface area contributed by atoms with Crippen molar-refractivity contribution in [3.8, 4) is 0 Å². The first-order valence-corrected chi connectivity index (χ1v) is 11.5. The zero-order valence-electron chi connectivity index (χ0n) is 19.9. The normalized spacial score (nSPS) is 23.0. The van der Waals surface area contributed by atoms with Gasteiger partial charge in [-0.1, -0.05) is 54.6 Å². The van der Waals surface area contributed by atoms with Crippen LogP contribution in [0.1, 0.15) is 31.1 Å². The SMILES string of the molecule is CO[C@@H]1O[C@H](COC(=O)c2ccccc2)[C@@H](F)[C@H](OC(=O)c2ccccc2)[C@H]1OC(=O)c1ccccc1. The quantitative estimate of drug-likeness (QED) is 0.333. The summed E-state index contributed by atoms with van der Waals surface area (Å²) in [6.07, 6.45) is -7.75. The second-order valence-corrected chi connectivity index (χ2v) is 8.16. The Kier molecular flexibility index (Phi) is 8.60. The lowest BCUT2D eigenvalue weighted by molar-refractivity contribution is -0.282. The molecule has 5 atom stereocenters. The second kappa shape index (κ2) is 12.2. The van der Waals surface area contributed by atoms with Crippen molar-refractivity contribution in [2.24, 2.45) is 0 Å². The fraction of sp³-hybridized carbons (Fsp3) is 0.250. The van der Waals surface area contributed by atoms with Gasteiger partial charge < -0.3 is 23.7 Å². The standard InChI is InChI=1S/C28H25FO8/c1-33-28-24(37-27(32)20-15-9-4-10-16-20)23(36-26(31)19-13-7-3-8-14-19)22(29)21(35-28)17-34-25(30)18-11-5-2-6-12-18/h2-16,21-24,28H,17H2,1H3/t21-,22-,23+,24-,28-/m1/s1. The molecule has 37 heavy (non-hydrogen) atoms. The van der Waals surface area contributed by atoms with E-state index >= 15 is 4.39 Å². The average Bonchev–Trinajstić information content (AvgIpc) is 2.95. The highest BCUT2D eigenvalue weighted by atomic mass is 19.1. The number of methoxy groups -OCH3 is 1. The van der Waals surface area contributed by atoms with Crippen LogP contribution in [0.3, 0.4) is 0 Å². The average molecular weight is 508 g/mol. The van der Waals surface area contributed by atoms with E-state index < -0.39 is 55.3 Å². The van der Waals surface area contributed by atoms with Crippen LogP contribution in [-0.2, 0) is 23.7 Å². The van der Waals surface area contributed by atoms with Crippen LogP contribution in [0.15, 0.2) is 91.0 Å². The van der Waals surface area contributed by atoms with E-state index in [1.54, 1.807) is 66.7 Å². The molecule has 0 aliphatic carbocycles. The van der Waals surface area contributed by atoms with Gasteiger partial charge in [-0.2, -0.15) is 0 Å². The van der Waals surface area contributed by atoms with Crippen LogP contribution in [0.4, 0.5) is 4.39 Å². The zero-order valence-corrected chi connectivity index (χ0v) is 19.9. The van der Waals surface area contributed by atoms with Gasteiger partial charge in [0.1, 0.15) is 12.7 Å². The number of hydrogen-bond acceptors (Lipinski definition) is 8. The molecule has 1 saturated heterocycles. The van der Waals surface area contributed by atoms with Crippen molar-refractivity contribution in [2.75, 3.05) is 13.7 Å². The van der Waals surface area contributed by atoms with E-state index in [0.717, 1.165) is 0 Å². The van der Waals surface area contributed by atoms with Gasteiger partial charge in [0, 0.05) is 7.11 Å². The molecule has 4 rings (SSSR count).